The number of carbonyl (C=O) groups is 3. The van der Waals surface area contributed by atoms with Crippen molar-refractivity contribution in [1.82, 2.24) is 21.3 Å². The highest BCUT2D eigenvalue weighted by Gasteiger charge is 2.59. The van der Waals surface area contributed by atoms with Gasteiger partial charge in [0.2, 0.25) is 5.91 Å². The van der Waals surface area contributed by atoms with E-state index in [9.17, 15) is 101 Å². The Hall–Kier alpha value is -4.23. The molecule has 0 radical (unpaired) electrons. The summed E-state index contributed by atoms with van der Waals surface area (Å²) in [5.74, 6) is -0.805. The van der Waals surface area contributed by atoms with Gasteiger partial charge >= 0.3 is 12.1 Å². The van der Waals surface area contributed by atoms with Gasteiger partial charge in [0, 0.05) is 37.9 Å². The molecule has 23 rings (SSSR count). The molecule has 0 spiro atoms. The van der Waals surface area contributed by atoms with E-state index in [2.05, 4.69) is 26.6 Å². The molecule has 12 bridgehead atoms. The van der Waals surface area contributed by atoms with E-state index in [1.807, 2.05) is 0 Å². The molecule has 0 saturated carbocycles. The highest BCUT2D eigenvalue weighted by atomic mass is 16.8. The fourth-order valence-corrected chi connectivity index (χ4v) is 12.1. The zero-order valence-electron chi connectivity index (χ0n) is 52.8. The standard InChI is InChI=1S/C59H96N6O32/c60-15-5-1-2-6-16-61-58(84)62-17-7-3-4-8-18-63-59(85)65-26-12-9-25(10-13-26)11-14-33(71)64-19-27-46-34(72)40(78)52(86-27)93-47-28(20-66)88-54(42(80)36(47)74)95-49-30(22-68)90-56(44(82)38(49)76)97-51-32(24-70)91-57(45(83)39(51)77)96-50-31(23-69)89-55(43(81)37(50)75)94-48-29(21-67)87-53(92-46)41(79)35(48)73/h9-14,27-32,34-57,66-70,72-83H,1-8,15-24,60H2,(H,64,71)(H2,61,62,84)(H2,63,65,85)/t27-,28-,29-,30-,31-,32-,34-,35-,36-,37-,38-,39-,40-,41-,42-,43-,44-,45-,46-,47-,48-,49-,50-,51-,52-,53-,54-,55-,56-,57-/m1/s1. The average Bonchev–Trinajstić information content (AvgIpc) is 0.783. The second kappa shape index (κ2) is 37.6. The Labute approximate surface area is 555 Å². The largest absolute Gasteiger partial charge is 0.394 e. The molecule has 22 aliphatic rings. The van der Waals surface area contributed by atoms with Crippen LogP contribution in [-0.4, -0.2) is 355 Å². The molecule has 38 heteroatoms. The Morgan fingerprint density at radius 1 is 0.351 bits per heavy atom. The summed E-state index contributed by atoms with van der Waals surface area (Å²) in [4.78, 5) is 38.1. The van der Waals surface area contributed by atoms with Crippen LogP contribution in [0.1, 0.15) is 56.9 Å². The quantitative estimate of drug-likeness (QED) is 0.0357. The molecule has 0 aromatic heterocycles. The van der Waals surface area contributed by atoms with Gasteiger partial charge in [-0.05, 0) is 56.0 Å². The highest BCUT2D eigenvalue weighted by Crippen LogP contribution is 2.38. The van der Waals surface area contributed by atoms with Crippen LogP contribution in [0.3, 0.4) is 0 Å². The van der Waals surface area contributed by atoms with E-state index in [0.717, 1.165) is 51.0 Å². The minimum atomic E-state index is -2.24. The van der Waals surface area contributed by atoms with E-state index in [4.69, 9.17) is 62.6 Å². The first-order chi connectivity index (χ1) is 46.5. The Morgan fingerprint density at radius 3 is 0.928 bits per heavy atom. The molecule has 1 aromatic carbocycles. The van der Waals surface area contributed by atoms with Crippen LogP contribution in [0.15, 0.2) is 30.3 Å². The lowest BCUT2D eigenvalue weighted by atomic mass is 9.94. The molecule has 30 atom stereocenters. The molecule has 22 fully saturated rings. The van der Waals surface area contributed by atoms with Gasteiger partial charge in [-0.15, -0.1) is 0 Å². The molecule has 22 heterocycles. The summed E-state index contributed by atoms with van der Waals surface area (Å²) >= 11 is 0. The van der Waals surface area contributed by atoms with Crippen molar-refractivity contribution in [1.29, 1.82) is 0 Å². The zero-order chi connectivity index (χ0) is 70.2. The Bertz CT molecular complexity index is 2570. The van der Waals surface area contributed by atoms with Gasteiger partial charge < -0.3 is 176 Å². The van der Waals surface area contributed by atoms with Crippen molar-refractivity contribution < 1.29 is 158 Å². The predicted octanol–water partition coefficient (Wildman–Crippen LogP) is -9.72. The number of hydrogen-bond acceptors (Lipinski definition) is 33. The lowest BCUT2D eigenvalue weighted by molar-refractivity contribution is -0.403. The maximum Gasteiger partial charge on any atom is 0.319 e. The summed E-state index contributed by atoms with van der Waals surface area (Å²) in [6.07, 6.45) is -50.9. The molecule has 0 unspecified atom stereocenters. The molecule has 38 nitrogen and oxygen atoms in total. The third-order valence-electron chi connectivity index (χ3n) is 17.7. The molecular weight excluding hydrogens is 1300 g/mol. The Balaban J connectivity index is 0.948. The number of hydrogen-bond donors (Lipinski definition) is 23. The number of unbranched alkanes of at least 4 members (excludes halogenated alkanes) is 6. The fourth-order valence-electron chi connectivity index (χ4n) is 12.1. The number of anilines is 1. The summed E-state index contributed by atoms with van der Waals surface area (Å²) in [6, 6.07) is 5.67. The van der Waals surface area contributed by atoms with Gasteiger partial charge in [0.05, 0.1) is 33.0 Å². The van der Waals surface area contributed by atoms with Crippen molar-refractivity contribution in [2.75, 3.05) is 71.1 Å². The van der Waals surface area contributed by atoms with Crippen molar-refractivity contribution in [2.24, 2.45) is 5.73 Å². The lowest BCUT2D eigenvalue weighted by Crippen LogP contribution is -2.69. The maximum atomic E-state index is 13.5. The van der Waals surface area contributed by atoms with E-state index in [0.29, 0.717) is 43.9 Å². The number of nitrogens with one attached hydrogen (secondary N) is 5. The van der Waals surface area contributed by atoms with E-state index < -0.39 is 236 Å². The zero-order valence-corrected chi connectivity index (χ0v) is 52.8. The predicted molar refractivity (Wildman–Crippen MR) is 322 cm³/mol. The van der Waals surface area contributed by atoms with Crippen LogP contribution in [0.2, 0.25) is 0 Å². The van der Waals surface area contributed by atoms with Crippen LogP contribution in [0.25, 0.3) is 6.08 Å². The van der Waals surface area contributed by atoms with Crippen molar-refractivity contribution in [3.63, 3.8) is 0 Å². The average molecular weight is 1400 g/mol. The maximum absolute atomic E-state index is 13.5. The number of benzene rings is 1. The number of carbonyl (C=O) groups excluding carboxylic acids is 3. The number of ether oxygens (including phenoxy) is 12. The van der Waals surface area contributed by atoms with Crippen molar-refractivity contribution in [2.45, 2.75) is 236 Å². The third-order valence-corrected chi connectivity index (χ3v) is 17.7. The fraction of sp³-hybridized carbons (Fsp3) is 0.814. The molecule has 554 valence electrons. The molecule has 97 heavy (non-hydrogen) atoms. The van der Waals surface area contributed by atoms with Gasteiger partial charge in [0.15, 0.2) is 37.7 Å². The van der Waals surface area contributed by atoms with Crippen LogP contribution in [0.4, 0.5) is 15.3 Å². The molecule has 1 aromatic rings. The van der Waals surface area contributed by atoms with E-state index in [1.165, 1.54) is 6.08 Å². The van der Waals surface area contributed by atoms with Gasteiger partial charge in [-0.1, -0.05) is 37.8 Å². The van der Waals surface area contributed by atoms with E-state index in [1.54, 1.807) is 24.3 Å². The minimum Gasteiger partial charge on any atom is -0.394 e. The first-order valence-electron chi connectivity index (χ1n) is 32.5. The number of aliphatic hydroxyl groups is 17. The molecule has 22 aliphatic heterocycles. The van der Waals surface area contributed by atoms with Gasteiger partial charge in [-0.25, -0.2) is 9.59 Å². The molecule has 24 N–H and O–H groups in total. The normalized spacial score (nSPS) is 41.2. The summed E-state index contributed by atoms with van der Waals surface area (Å²) in [6.45, 7) is -3.68. The summed E-state index contributed by atoms with van der Waals surface area (Å²) in [5.41, 5.74) is 6.41. The Kier molecular flexibility index (Phi) is 30.4. The molecule has 5 amide bonds. The Morgan fingerprint density at radius 2 is 0.629 bits per heavy atom. The van der Waals surface area contributed by atoms with Gasteiger partial charge in [0.25, 0.3) is 0 Å². The summed E-state index contributed by atoms with van der Waals surface area (Å²) in [5, 5.41) is 204. The summed E-state index contributed by atoms with van der Waals surface area (Å²) in [7, 11) is 0. The van der Waals surface area contributed by atoms with E-state index in [-0.39, 0.29) is 6.03 Å². The number of rotatable bonds is 23. The number of aliphatic hydroxyl groups excluding tert-OH is 17. The van der Waals surface area contributed by atoms with Crippen LogP contribution >= 0.6 is 0 Å². The van der Waals surface area contributed by atoms with Crippen LogP contribution in [-0.2, 0) is 61.6 Å². The van der Waals surface area contributed by atoms with E-state index >= 15 is 0 Å². The molecule has 22 saturated heterocycles. The second-order valence-corrected chi connectivity index (χ2v) is 24.5. The van der Waals surface area contributed by atoms with Gasteiger partial charge in [-0.3, -0.25) is 4.79 Å². The van der Waals surface area contributed by atoms with Crippen molar-refractivity contribution in [3.05, 3.63) is 35.9 Å². The van der Waals surface area contributed by atoms with Crippen molar-refractivity contribution in [3.8, 4) is 0 Å². The third kappa shape index (κ3) is 19.9. The smallest absolute Gasteiger partial charge is 0.319 e. The van der Waals surface area contributed by atoms with Crippen molar-refractivity contribution >= 4 is 29.7 Å². The first-order valence-corrected chi connectivity index (χ1v) is 32.5. The number of urea groups is 2. The highest BCUT2D eigenvalue weighted by molar-refractivity contribution is 5.92. The monoisotopic (exact) mass is 1400 g/mol. The van der Waals surface area contributed by atoms with Crippen LogP contribution in [0, 0.1) is 0 Å². The topological polar surface area (TPSA) is 592 Å². The SMILES string of the molecule is NCCCCCCNC(=O)NCCCCCCNC(=O)Nc1ccc(C=CC(=O)NC[C@H]2O[C@@H]3O[C@H]4[C@H](O)[C@@H](O)[C@@H](O[C@H]5[C@H](O)[C@@H](O)[C@@H](O[C@H]6[C@H](O)[C@@H](O)[C@@H](O[C@H]7[C@H](O)[C@@H](O)[C@@H](O[C@H]8[C@H](O)[C@@H](O)[C@@H](O[C@H]2[C@H](O)[C@H]3O)O[C@@H]8CO)O[C@@H]7CO)O[C@@H]6CO)O[C@@H]5CO)O[C@@H]4CO)cc1. The molecular formula is C59H96N6O32. The first kappa shape index (κ1) is 78.5. The van der Waals surface area contributed by atoms with Gasteiger partial charge in [-0.2, -0.15) is 0 Å². The van der Waals surface area contributed by atoms with Crippen LogP contribution in [0.5, 0.6) is 0 Å². The second-order valence-electron chi connectivity index (χ2n) is 24.5. The van der Waals surface area contributed by atoms with Gasteiger partial charge in [0.1, 0.15) is 146 Å². The van der Waals surface area contributed by atoms with Crippen LogP contribution < -0.4 is 32.3 Å². The summed E-state index contributed by atoms with van der Waals surface area (Å²) < 4.78 is 69.8. The lowest BCUT2D eigenvalue weighted by Gasteiger charge is -2.50. The number of amides is 5. The molecule has 0 aliphatic carbocycles. The minimum absolute atomic E-state index is 0.206. The number of nitrogens with two attached hydrogens (primary N) is 1.